The molecule has 0 bridgehead atoms. The van der Waals surface area contributed by atoms with Crippen LogP contribution in [0.4, 0.5) is 0 Å². The van der Waals surface area contributed by atoms with E-state index in [0.29, 0.717) is 0 Å². The summed E-state index contributed by atoms with van der Waals surface area (Å²) in [6.07, 6.45) is 0. The third-order valence-corrected chi connectivity index (χ3v) is 13.3. The summed E-state index contributed by atoms with van der Waals surface area (Å²) in [5.41, 5.74) is 10.1. The van der Waals surface area contributed by atoms with E-state index in [1.54, 1.807) is 11.3 Å². The molecule has 0 aliphatic carbocycles. The van der Waals surface area contributed by atoms with Crippen molar-refractivity contribution in [2.45, 2.75) is 0 Å². The van der Waals surface area contributed by atoms with Crippen molar-refractivity contribution in [2.24, 2.45) is 0 Å². The van der Waals surface area contributed by atoms with Gasteiger partial charge in [0.15, 0.2) is 5.82 Å². The number of aromatic nitrogens is 3. The quantitative estimate of drug-likeness (QED) is 0.180. The van der Waals surface area contributed by atoms with Crippen LogP contribution in [-0.2, 0) is 0 Å². The van der Waals surface area contributed by atoms with Crippen LogP contribution in [0, 0.1) is 0 Å². The molecule has 256 valence electrons. The van der Waals surface area contributed by atoms with E-state index in [4.69, 9.17) is 9.97 Å². The van der Waals surface area contributed by atoms with E-state index in [0.717, 1.165) is 38.2 Å². The highest BCUT2D eigenvalue weighted by atomic mass is 32.1. The number of nitrogens with zero attached hydrogens (tertiary/aromatic N) is 3. The van der Waals surface area contributed by atoms with E-state index in [2.05, 4.69) is 180 Å². The standard InChI is InChI=1S/C50H29N3S2/c1-2-12-30(13-3-1)31-16-10-17-34(26-31)46-49-47(39-19-7-9-23-44(39)54-49)52-50(51-46)35-24-25-37-38-20-11-22-42(48(38)55-45(37)29-35)53-41-21-8-6-18-36(41)40-27-32-14-4-5-15-33(32)28-43(40)53/h1-29H. The lowest BCUT2D eigenvalue weighted by Crippen LogP contribution is -1.94. The van der Waals surface area contributed by atoms with Crippen molar-refractivity contribution in [3.05, 3.63) is 176 Å². The van der Waals surface area contributed by atoms with Gasteiger partial charge in [-0.25, -0.2) is 9.97 Å². The molecule has 4 aromatic heterocycles. The van der Waals surface area contributed by atoms with Crippen molar-refractivity contribution in [1.29, 1.82) is 0 Å². The van der Waals surface area contributed by atoms with Gasteiger partial charge in [-0.3, -0.25) is 0 Å². The first-order valence-electron chi connectivity index (χ1n) is 18.5. The number of hydrogen-bond donors (Lipinski definition) is 0. The minimum Gasteiger partial charge on any atom is -0.308 e. The third kappa shape index (κ3) is 4.74. The minimum atomic E-state index is 0.741. The molecule has 0 atom stereocenters. The molecule has 0 saturated carbocycles. The Bertz CT molecular complexity index is 3500. The zero-order chi connectivity index (χ0) is 36.0. The van der Waals surface area contributed by atoms with Gasteiger partial charge in [0.05, 0.1) is 37.3 Å². The Kier molecular flexibility index (Phi) is 6.67. The number of rotatable bonds is 4. The fraction of sp³-hybridized carbons (Fsp3) is 0. The zero-order valence-electron chi connectivity index (χ0n) is 29.4. The van der Waals surface area contributed by atoms with Crippen LogP contribution < -0.4 is 0 Å². The lowest BCUT2D eigenvalue weighted by Gasteiger charge is -2.10. The highest BCUT2D eigenvalue weighted by Crippen LogP contribution is 2.44. The molecule has 0 aliphatic heterocycles. The Hall–Kier alpha value is -6.66. The van der Waals surface area contributed by atoms with Gasteiger partial charge in [-0.2, -0.15) is 0 Å². The first-order valence-corrected chi connectivity index (χ1v) is 20.1. The van der Waals surface area contributed by atoms with Crippen molar-refractivity contribution in [3.63, 3.8) is 0 Å². The molecular weight excluding hydrogens is 707 g/mol. The van der Waals surface area contributed by atoms with E-state index in [9.17, 15) is 0 Å². The second-order valence-electron chi connectivity index (χ2n) is 14.2. The zero-order valence-corrected chi connectivity index (χ0v) is 31.0. The monoisotopic (exact) mass is 735 g/mol. The van der Waals surface area contributed by atoms with E-state index in [1.807, 2.05) is 11.3 Å². The van der Waals surface area contributed by atoms with Crippen LogP contribution in [0.1, 0.15) is 0 Å². The molecule has 3 nitrogen and oxygen atoms in total. The number of para-hydroxylation sites is 1. The van der Waals surface area contributed by atoms with Crippen LogP contribution in [0.5, 0.6) is 0 Å². The first kappa shape index (κ1) is 30.8. The van der Waals surface area contributed by atoms with Crippen LogP contribution in [0.3, 0.4) is 0 Å². The van der Waals surface area contributed by atoms with Gasteiger partial charge in [0.1, 0.15) is 0 Å². The smallest absolute Gasteiger partial charge is 0.160 e. The number of hydrogen-bond acceptors (Lipinski definition) is 4. The van der Waals surface area contributed by atoms with Crippen molar-refractivity contribution in [3.8, 4) is 39.5 Å². The van der Waals surface area contributed by atoms with Crippen molar-refractivity contribution >= 4 is 95.7 Å². The Balaban J connectivity index is 1.06. The average Bonchev–Trinajstić information content (AvgIpc) is 3.92. The molecule has 12 aromatic rings. The summed E-state index contributed by atoms with van der Waals surface area (Å²) in [7, 11) is 0. The number of benzene rings is 8. The van der Waals surface area contributed by atoms with Crippen molar-refractivity contribution < 1.29 is 0 Å². The summed E-state index contributed by atoms with van der Waals surface area (Å²) in [6, 6.07) is 63.5. The minimum absolute atomic E-state index is 0.741. The van der Waals surface area contributed by atoms with Crippen LogP contribution >= 0.6 is 22.7 Å². The molecule has 0 spiro atoms. The van der Waals surface area contributed by atoms with Gasteiger partial charge < -0.3 is 4.57 Å². The molecule has 0 N–H and O–H groups in total. The maximum atomic E-state index is 5.38. The summed E-state index contributed by atoms with van der Waals surface area (Å²) in [5.74, 6) is 0.741. The average molecular weight is 736 g/mol. The number of fused-ring (bicyclic) bond motifs is 10. The van der Waals surface area contributed by atoms with Crippen LogP contribution in [0.25, 0.3) is 113 Å². The summed E-state index contributed by atoms with van der Waals surface area (Å²) in [4.78, 5) is 10.7. The summed E-state index contributed by atoms with van der Waals surface area (Å²) >= 11 is 3.62. The lowest BCUT2D eigenvalue weighted by molar-refractivity contribution is 1.20. The molecule has 0 amide bonds. The molecule has 8 aromatic carbocycles. The summed E-state index contributed by atoms with van der Waals surface area (Å²) in [5, 5.41) is 8.71. The summed E-state index contributed by atoms with van der Waals surface area (Å²) < 4.78 is 7.28. The highest BCUT2D eigenvalue weighted by Gasteiger charge is 2.20. The topological polar surface area (TPSA) is 30.7 Å². The van der Waals surface area contributed by atoms with E-state index in [1.165, 1.54) is 74.3 Å². The fourth-order valence-corrected chi connectivity index (χ4v) is 10.8. The third-order valence-electron chi connectivity index (χ3n) is 11.0. The van der Waals surface area contributed by atoms with E-state index in [-0.39, 0.29) is 0 Å². The van der Waals surface area contributed by atoms with Crippen LogP contribution in [0.2, 0.25) is 0 Å². The van der Waals surface area contributed by atoms with Gasteiger partial charge in [-0.05, 0) is 64.4 Å². The normalized spacial score (nSPS) is 12.0. The maximum absolute atomic E-state index is 5.38. The number of thiophene rings is 2. The molecule has 0 radical (unpaired) electrons. The van der Waals surface area contributed by atoms with Gasteiger partial charge in [0.2, 0.25) is 0 Å². The van der Waals surface area contributed by atoms with Crippen molar-refractivity contribution in [2.75, 3.05) is 0 Å². The second kappa shape index (κ2) is 11.9. The predicted molar refractivity (Wildman–Crippen MR) is 236 cm³/mol. The molecule has 0 unspecified atom stereocenters. The Morgan fingerprint density at radius 1 is 0.382 bits per heavy atom. The lowest BCUT2D eigenvalue weighted by atomic mass is 10.0. The fourth-order valence-electron chi connectivity index (χ4n) is 8.41. The molecule has 12 rings (SSSR count). The van der Waals surface area contributed by atoms with Crippen molar-refractivity contribution in [1.82, 2.24) is 14.5 Å². The van der Waals surface area contributed by atoms with Gasteiger partial charge in [0.25, 0.3) is 0 Å². The van der Waals surface area contributed by atoms with Gasteiger partial charge in [-0.15, -0.1) is 22.7 Å². The molecule has 55 heavy (non-hydrogen) atoms. The molecule has 4 heterocycles. The second-order valence-corrected chi connectivity index (χ2v) is 16.3. The predicted octanol–water partition coefficient (Wildman–Crippen LogP) is 14.5. The SMILES string of the molecule is c1ccc(-c2cccc(-c3nc(-c4ccc5c(c4)sc4c(-n6c7ccccc7c7cc8ccccc8cc76)cccc45)nc4c3sc3ccccc34)c2)cc1. The molecule has 5 heteroatoms. The molecule has 0 aliphatic rings. The van der Waals surface area contributed by atoms with Gasteiger partial charge >= 0.3 is 0 Å². The Morgan fingerprint density at radius 3 is 2.00 bits per heavy atom. The maximum Gasteiger partial charge on any atom is 0.160 e. The van der Waals surface area contributed by atoms with E-state index < -0.39 is 0 Å². The molecule has 0 fully saturated rings. The van der Waals surface area contributed by atoms with Gasteiger partial charge in [0, 0.05) is 47.5 Å². The Morgan fingerprint density at radius 2 is 1.09 bits per heavy atom. The molecule has 0 saturated heterocycles. The highest BCUT2D eigenvalue weighted by molar-refractivity contribution is 7.26. The summed E-state index contributed by atoms with van der Waals surface area (Å²) in [6.45, 7) is 0. The van der Waals surface area contributed by atoms with Crippen LogP contribution in [0.15, 0.2) is 176 Å². The van der Waals surface area contributed by atoms with Crippen LogP contribution in [-0.4, -0.2) is 14.5 Å². The molecular formula is C50H29N3S2. The first-order chi connectivity index (χ1) is 27.2. The van der Waals surface area contributed by atoms with E-state index >= 15 is 0 Å². The Labute approximate surface area is 324 Å². The van der Waals surface area contributed by atoms with Gasteiger partial charge in [-0.1, -0.05) is 133 Å². The largest absolute Gasteiger partial charge is 0.308 e.